The van der Waals surface area contributed by atoms with Crippen LogP contribution in [0.3, 0.4) is 0 Å². The number of rotatable bonds is 5. The van der Waals surface area contributed by atoms with Crippen LogP contribution in [0.5, 0.6) is 5.75 Å². The van der Waals surface area contributed by atoms with Gasteiger partial charge in [0.05, 0.1) is 29.1 Å². The Labute approximate surface area is 182 Å². The first-order valence-corrected chi connectivity index (χ1v) is 10.2. The first kappa shape index (κ1) is 19.2. The highest BCUT2D eigenvalue weighted by Gasteiger charge is 2.22. The number of H-pyrrole nitrogens is 1. The average molecular weight is 432 g/mol. The van der Waals surface area contributed by atoms with Crippen molar-refractivity contribution < 1.29 is 9.52 Å². The van der Waals surface area contributed by atoms with Gasteiger partial charge in [-0.3, -0.25) is 9.36 Å². The van der Waals surface area contributed by atoms with Crippen molar-refractivity contribution in [2.24, 2.45) is 0 Å². The van der Waals surface area contributed by atoms with Crippen LogP contribution in [0.4, 0.5) is 0 Å². The Morgan fingerprint density at radius 1 is 1.03 bits per heavy atom. The van der Waals surface area contributed by atoms with Crippen molar-refractivity contribution in [2.75, 3.05) is 0 Å². The molecule has 5 rings (SSSR count). The van der Waals surface area contributed by atoms with Crippen molar-refractivity contribution in [3.05, 3.63) is 111 Å². The lowest BCUT2D eigenvalue weighted by molar-refractivity contribution is 0.476. The Bertz CT molecular complexity index is 1370. The number of imidazole rings is 1. The molecule has 154 valence electrons. The molecule has 7 heteroatoms. The minimum absolute atomic E-state index is 0.0243. The summed E-state index contributed by atoms with van der Waals surface area (Å²) in [5, 5.41) is 10.3. The van der Waals surface area contributed by atoms with E-state index in [2.05, 4.69) is 9.97 Å². The van der Waals surface area contributed by atoms with Crippen molar-refractivity contribution in [3.63, 3.8) is 0 Å². The van der Waals surface area contributed by atoms with E-state index in [0.717, 1.165) is 11.3 Å². The number of fused-ring (bicyclic) bond motifs is 1. The van der Waals surface area contributed by atoms with E-state index < -0.39 is 0 Å². The molecule has 0 fully saturated rings. The van der Waals surface area contributed by atoms with Gasteiger partial charge in [-0.15, -0.1) is 0 Å². The van der Waals surface area contributed by atoms with Gasteiger partial charge in [-0.1, -0.05) is 54.1 Å². The fourth-order valence-corrected chi connectivity index (χ4v) is 3.89. The molecule has 1 aromatic heterocycles. The SMILES string of the molecule is O=c1c(Cc2ccco2)nc2c(Cc3ccccc3)[nH]c(-c3cccc(O)c3Cl)cn1-2. The summed E-state index contributed by atoms with van der Waals surface area (Å²) in [4.78, 5) is 21.2. The fourth-order valence-electron chi connectivity index (χ4n) is 3.66. The van der Waals surface area contributed by atoms with Crippen LogP contribution in [0.1, 0.15) is 22.7 Å². The second-order valence-corrected chi connectivity index (χ2v) is 7.64. The van der Waals surface area contributed by atoms with Crippen molar-refractivity contribution in [1.29, 1.82) is 0 Å². The number of halogens is 1. The second kappa shape index (κ2) is 7.81. The molecule has 0 spiro atoms. The van der Waals surface area contributed by atoms with Crippen LogP contribution < -0.4 is 5.56 Å². The predicted octanol–water partition coefficient (Wildman–Crippen LogP) is 4.80. The van der Waals surface area contributed by atoms with Crippen molar-refractivity contribution in [2.45, 2.75) is 12.8 Å². The predicted molar refractivity (Wildman–Crippen MR) is 118 cm³/mol. The molecule has 0 saturated carbocycles. The molecule has 31 heavy (non-hydrogen) atoms. The third-order valence-corrected chi connectivity index (χ3v) is 5.56. The monoisotopic (exact) mass is 431 g/mol. The summed E-state index contributed by atoms with van der Waals surface area (Å²) in [7, 11) is 0. The van der Waals surface area contributed by atoms with Gasteiger partial charge < -0.3 is 14.5 Å². The molecule has 2 aliphatic heterocycles. The number of benzene rings is 2. The van der Waals surface area contributed by atoms with E-state index in [-0.39, 0.29) is 16.3 Å². The zero-order chi connectivity index (χ0) is 21.4. The van der Waals surface area contributed by atoms with Crippen molar-refractivity contribution >= 4 is 11.6 Å². The van der Waals surface area contributed by atoms with Crippen molar-refractivity contribution in [1.82, 2.24) is 14.5 Å². The van der Waals surface area contributed by atoms with Crippen LogP contribution in [0.15, 0.2) is 82.3 Å². The van der Waals surface area contributed by atoms with Crippen LogP contribution in [0.2, 0.25) is 5.02 Å². The van der Waals surface area contributed by atoms with Gasteiger partial charge in [0.25, 0.3) is 5.56 Å². The third kappa shape index (κ3) is 3.62. The van der Waals surface area contributed by atoms with Gasteiger partial charge in [-0.05, 0) is 23.8 Å². The number of aromatic hydroxyl groups is 1. The summed E-state index contributed by atoms with van der Waals surface area (Å²) < 4.78 is 6.93. The number of aromatic nitrogens is 3. The average Bonchev–Trinajstić information content (AvgIpc) is 3.40. The zero-order valence-electron chi connectivity index (χ0n) is 16.4. The number of furan rings is 1. The number of aromatic amines is 1. The molecule has 6 nitrogen and oxygen atoms in total. The summed E-state index contributed by atoms with van der Waals surface area (Å²) in [6.45, 7) is 0. The molecule has 2 N–H and O–H groups in total. The Kier molecular flexibility index (Phi) is 4.84. The van der Waals surface area contributed by atoms with E-state index in [9.17, 15) is 9.90 Å². The lowest BCUT2D eigenvalue weighted by atomic mass is 10.1. The number of hydrogen-bond donors (Lipinski definition) is 2. The zero-order valence-corrected chi connectivity index (χ0v) is 17.1. The topological polar surface area (TPSA) is 84.1 Å². The van der Waals surface area contributed by atoms with E-state index in [4.69, 9.17) is 16.0 Å². The number of phenols is 1. The fraction of sp³-hybridized carbons (Fsp3) is 0.0833. The van der Waals surface area contributed by atoms with Crippen LogP contribution in [0.25, 0.3) is 17.1 Å². The van der Waals surface area contributed by atoms with Gasteiger partial charge >= 0.3 is 0 Å². The second-order valence-electron chi connectivity index (χ2n) is 7.26. The molecule has 0 saturated heterocycles. The molecule has 0 radical (unpaired) electrons. The first-order valence-electron chi connectivity index (χ1n) is 9.77. The molecule has 0 atom stereocenters. The first-order chi connectivity index (χ1) is 15.1. The molecular formula is C24H18ClN3O3. The highest BCUT2D eigenvalue weighted by molar-refractivity contribution is 6.34. The maximum absolute atomic E-state index is 13.2. The van der Waals surface area contributed by atoms with Crippen LogP contribution in [-0.4, -0.2) is 19.6 Å². The molecule has 0 bridgehead atoms. The summed E-state index contributed by atoms with van der Waals surface area (Å²) in [5.41, 5.74) is 3.23. The van der Waals surface area contributed by atoms with Gasteiger partial charge in [-0.25, -0.2) is 4.98 Å². The minimum Gasteiger partial charge on any atom is -0.506 e. The number of phenolic OH excluding ortho intramolecular Hbond substituents is 1. The number of nitrogens with one attached hydrogen (secondary N) is 1. The van der Waals surface area contributed by atoms with Gasteiger partial charge in [0.15, 0.2) is 5.82 Å². The molecule has 3 heterocycles. The summed E-state index contributed by atoms with van der Waals surface area (Å²) >= 11 is 6.35. The third-order valence-electron chi connectivity index (χ3n) is 5.16. The van der Waals surface area contributed by atoms with Gasteiger partial charge in [0.1, 0.15) is 17.2 Å². The lowest BCUT2D eigenvalue weighted by Crippen LogP contribution is -2.17. The van der Waals surface area contributed by atoms with Crippen LogP contribution in [-0.2, 0) is 12.8 Å². The summed E-state index contributed by atoms with van der Waals surface area (Å²) in [5.74, 6) is 1.20. The maximum atomic E-state index is 13.2. The molecule has 3 aromatic rings. The summed E-state index contributed by atoms with van der Waals surface area (Å²) in [6.07, 6.45) is 4.10. The van der Waals surface area contributed by atoms with Crippen LogP contribution >= 0.6 is 11.6 Å². The Hall–Kier alpha value is -3.77. The Balaban J connectivity index is 1.69. The normalized spacial score (nSPS) is 11.3. The van der Waals surface area contributed by atoms with E-state index >= 15 is 0 Å². The largest absolute Gasteiger partial charge is 0.506 e. The summed E-state index contributed by atoms with van der Waals surface area (Å²) in [6, 6.07) is 18.5. The highest BCUT2D eigenvalue weighted by Crippen LogP contribution is 2.34. The maximum Gasteiger partial charge on any atom is 0.278 e. The van der Waals surface area contributed by atoms with Gasteiger partial charge in [0.2, 0.25) is 0 Å². The van der Waals surface area contributed by atoms with Crippen molar-refractivity contribution in [3.8, 4) is 22.8 Å². The minimum atomic E-state index is -0.216. The number of nitrogens with zero attached hydrogens (tertiary/aromatic N) is 2. The number of hydrogen-bond acceptors (Lipinski definition) is 4. The Morgan fingerprint density at radius 2 is 1.87 bits per heavy atom. The molecule has 0 unspecified atom stereocenters. The molecule has 0 amide bonds. The van der Waals surface area contributed by atoms with Crippen LogP contribution in [0, 0.1) is 0 Å². The van der Waals surface area contributed by atoms with Gasteiger partial charge in [-0.2, -0.15) is 0 Å². The lowest BCUT2D eigenvalue weighted by Gasteiger charge is -2.14. The molecule has 2 aromatic carbocycles. The molecule has 0 aliphatic carbocycles. The van der Waals surface area contributed by atoms with Gasteiger partial charge in [0, 0.05) is 18.2 Å². The Morgan fingerprint density at radius 3 is 2.65 bits per heavy atom. The quantitative estimate of drug-likeness (QED) is 0.418. The van der Waals surface area contributed by atoms with E-state index in [1.807, 2.05) is 36.4 Å². The smallest absolute Gasteiger partial charge is 0.278 e. The van der Waals surface area contributed by atoms with E-state index in [1.54, 1.807) is 30.7 Å². The standard InChI is InChI=1S/C24H18ClN3O3/c25-22-17(9-4-10-21(22)29)20-14-28-23(18(26-20)12-15-6-2-1-3-7-15)27-19(24(28)30)13-16-8-5-11-31-16/h1-11,14,26,29H,12-13H2. The molecule has 2 aliphatic rings. The molecular weight excluding hydrogens is 414 g/mol. The van der Waals surface area contributed by atoms with E-state index in [1.165, 1.54) is 10.6 Å². The highest BCUT2D eigenvalue weighted by atomic mass is 35.5. The van der Waals surface area contributed by atoms with E-state index in [0.29, 0.717) is 41.4 Å².